The van der Waals surface area contributed by atoms with E-state index >= 15 is 0 Å². The third-order valence-electron chi connectivity index (χ3n) is 5.37. The van der Waals surface area contributed by atoms with E-state index < -0.39 is 24.0 Å². The van der Waals surface area contributed by atoms with Crippen molar-refractivity contribution in [1.29, 1.82) is 0 Å². The number of carbonyl (C=O) groups excluding carboxylic acids is 3. The van der Waals surface area contributed by atoms with Crippen molar-refractivity contribution in [3.63, 3.8) is 0 Å². The van der Waals surface area contributed by atoms with Gasteiger partial charge in [-0.25, -0.2) is 14.5 Å². The first-order chi connectivity index (χ1) is 14.0. The number of fused-ring (bicyclic) bond motifs is 3. The van der Waals surface area contributed by atoms with E-state index in [1.165, 1.54) is 0 Å². The highest BCUT2D eigenvalue weighted by Crippen LogP contribution is 2.44. The zero-order chi connectivity index (χ0) is 20.5. The molecule has 1 heterocycles. The molecule has 4 rings (SSSR count). The lowest BCUT2D eigenvalue weighted by Gasteiger charge is -2.23. The highest BCUT2D eigenvalue weighted by molar-refractivity contribution is 5.99. The maximum absolute atomic E-state index is 12.7. The SMILES string of the molecule is CC(C)OC(=O)[C@@H]1CCC(=O)N1C(=O)OCC1c2ccccc2-c2ccccc21. The average Bonchev–Trinajstić information content (AvgIpc) is 3.24. The van der Waals surface area contributed by atoms with E-state index in [0.717, 1.165) is 27.2 Å². The third-order valence-corrected chi connectivity index (χ3v) is 5.37. The van der Waals surface area contributed by atoms with Gasteiger partial charge in [0.05, 0.1) is 6.10 Å². The standard InChI is InChI=1S/C23H23NO5/c1-14(2)29-22(26)20-11-12-21(25)24(20)23(27)28-13-19-17-9-5-3-7-15(17)16-8-4-6-10-18(16)19/h3-10,14,19-20H,11-13H2,1-2H3/t20-/m0/s1. The van der Waals surface area contributed by atoms with Crippen molar-refractivity contribution < 1.29 is 23.9 Å². The predicted octanol–water partition coefficient (Wildman–Crippen LogP) is 3.88. The highest BCUT2D eigenvalue weighted by Gasteiger charge is 2.43. The fourth-order valence-corrected chi connectivity index (χ4v) is 4.11. The Morgan fingerprint density at radius 3 is 2.21 bits per heavy atom. The molecule has 0 N–H and O–H groups in total. The second-order valence-corrected chi connectivity index (χ2v) is 7.61. The summed E-state index contributed by atoms with van der Waals surface area (Å²) in [6, 6.07) is 15.1. The van der Waals surface area contributed by atoms with E-state index in [-0.39, 0.29) is 31.5 Å². The first-order valence-corrected chi connectivity index (χ1v) is 9.85. The molecule has 0 spiro atoms. The van der Waals surface area contributed by atoms with Gasteiger partial charge in [-0.15, -0.1) is 0 Å². The van der Waals surface area contributed by atoms with Crippen LogP contribution in [-0.4, -0.2) is 41.6 Å². The lowest BCUT2D eigenvalue weighted by Crippen LogP contribution is -2.44. The number of hydrogen-bond donors (Lipinski definition) is 0. The second kappa shape index (κ2) is 7.70. The Morgan fingerprint density at radius 2 is 1.62 bits per heavy atom. The lowest BCUT2D eigenvalue weighted by atomic mass is 9.98. The molecule has 0 radical (unpaired) electrons. The van der Waals surface area contributed by atoms with Crippen molar-refractivity contribution in [3.05, 3.63) is 59.7 Å². The molecule has 0 saturated carbocycles. The maximum atomic E-state index is 12.7. The molecule has 6 heteroatoms. The summed E-state index contributed by atoms with van der Waals surface area (Å²) in [5, 5.41) is 0. The molecular weight excluding hydrogens is 370 g/mol. The van der Waals surface area contributed by atoms with Gasteiger partial charge in [0.15, 0.2) is 0 Å². The molecule has 2 aliphatic rings. The Balaban J connectivity index is 1.51. The van der Waals surface area contributed by atoms with Crippen LogP contribution in [0.2, 0.25) is 0 Å². The predicted molar refractivity (Wildman–Crippen MR) is 106 cm³/mol. The van der Waals surface area contributed by atoms with E-state index in [1.807, 2.05) is 36.4 Å². The van der Waals surface area contributed by atoms with Gasteiger partial charge in [-0.1, -0.05) is 48.5 Å². The van der Waals surface area contributed by atoms with E-state index in [1.54, 1.807) is 13.8 Å². The van der Waals surface area contributed by atoms with Crippen LogP contribution in [0, 0.1) is 0 Å². The van der Waals surface area contributed by atoms with E-state index in [0.29, 0.717) is 0 Å². The highest BCUT2D eigenvalue weighted by atomic mass is 16.6. The van der Waals surface area contributed by atoms with Crippen LogP contribution in [0.15, 0.2) is 48.5 Å². The van der Waals surface area contributed by atoms with Gasteiger partial charge in [0.2, 0.25) is 5.91 Å². The summed E-state index contributed by atoms with van der Waals surface area (Å²) in [4.78, 5) is 38.1. The number of likely N-dealkylation sites (tertiary alicyclic amines) is 1. The Labute approximate surface area is 169 Å². The summed E-state index contributed by atoms with van der Waals surface area (Å²) in [5.41, 5.74) is 4.43. The topological polar surface area (TPSA) is 72.9 Å². The van der Waals surface area contributed by atoms with Gasteiger partial charge in [0, 0.05) is 12.3 Å². The molecule has 29 heavy (non-hydrogen) atoms. The third kappa shape index (κ3) is 3.50. The summed E-state index contributed by atoms with van der Waals surface area (Å²) in [7, 11) is 0. The van der Waals surface area contributed by atoms with Crippen LogP contribution < -0.4 is 0 Å². The van der Waals surface area contributed by atoms with Crippen LogP contribution in [0.4, 0.5) is 4.79 Å². The van der Waals surface area contributed by atoms with Crippen molar-refractivity contribution in [2.75, 3.05) is 6.61 Å². The van der Waals surface area contributed by atoms with Gasteiger partial charge in [0.25, 0.3) is 0 Å². The van der Waals surface area contributed by atoms with Crippen molar-refractivity contribution in [2.45, 2.75) is 44.8 Å². The van der Waals surface area contributed by atoms with Gasteiger partial charge < -0.3 is 9.47 Å². The fraction of sp³-hybridized carbons (Fsp3) is 0.348. The van der Waals surface area contributed by atoms with Crippen LogP contribution >= 0.6 is 0 Å². The van der Waals surface area contributed by atoms with E-state index in [4.69, 9.17) is 9.47 Å². The molecule has 1 aliphatic heterocycles. The molecule has 1 fully saturated rings. The number of esters is 1. The van der Waals surface area contributed by atoms with E-state index in [9.17, 15) is 14.4 Å². The number of imide groups is 1. The summed E-state index contributed by atoms with van der Waals surface area (Å²) in [5.74, 6) is -1.09. The smallest absolute Gasteiger partial charge is 0.417 e. The number of hydrogen-bond acceptors (Lipinski definition) is 5. The van der Waals surface area contributed by atoms with Crippen LogP contribution in [-0.2, 0) is 19.1 Å². The minimum Gasteiger partial charge on any atom is -0.461 e. The molecule has 150 valence electrons. The Morgan fingerprint density at radius 1 is 1.03 bits per heavy atom. The molecule has 6 nitrogen and oxygen atoms in total. The van der Waals surface area contributed by atoms with Crippen LogP contribution in [0.25, 0.3) is 11.1 Å². The van der Waals surface area contributed by atoms with E-state index in [2.05, 4.69) is 12.1 Å². The summed E-state index contributed by atoms with van der Waals surface area (Å²) < 4.78 is 10.7. The number of rotatable bonds is 4. The lowest BCUT2D eigenvalue weighted by molar-refractivity contribution is -0.154. The number of amides is 2. The monoisotopic (exact) mass is 393 g/mol. The van der Waals surface area contributed by atoms with Gasteiger partial charge in [-0.05, 0) is 42.5 Å². The van der Waals surface area contributed by atoms with Crippen molar-refractivity contribution >= 4 is 18.0 Å². The minimum absolute atomic E-state index is 0.0998. The normalized spacial score (nSPS) is 18.0. The zero-order valence-electron chi connectivity index (χ0n) is 16.5. The summed E-state index contributed by atoms with van der Waals surface area (Å²) in [6.07, 6.45) is -0.723. The number of carbonyl (C=O) groups is 3. The fourth-order valence-electron chi connectivity index (χ4n) is 4.11. The van der Waals surface area contributed by atoms with Gasteiger partial charge in [-0.3, -0.25) is 4.79 Å². The van der Waals surface area contributed by atoms with Gasteiger partial charge >= 0.3 is 12.1 Å². The van der Waals surface area contributed by atoms with Gasteiger partial charge in [-0.2, -0.15) is 0 Å². The summed E-state index contributed by atoms with van der Waals surface area (Å²) >= 11 is 0. The summed E-state index contributed by atoms with van der Waals surface area (Å²) in [6.45, 7) is 3.56. The number of nitrogens with zero attached hydrogens (tertiary/aromatic N) is 1. The minimum atomic E-state index is -0.916. The molecule has 1 saturated heterocycles. The molecule has 0 bridgehead atoms. The molecular formula is C23H23NO5. The molecule has 0 unspecified atom stereocenters. The molecule has 1 aliphatic carbocycles. The van der Waals surface area contributed by atoms with Crippen molar-refractivity contribution in [2.24, 2.45) is 0 Å². The molecule has 2 amide bonds. The zero-order valence-corrected chi connectivity index (χ0v) is 16.5. The molecule has 1 atom stereocenters. The Bertz CT molecular complexity index is 922. The van der Waals surface area contributed by atoms with Crippen molar-refractivity contribution in [1.82, 2.24) is 4.90 Å². The molecule has 2 aromatic carbocycles. The van der Waals surface area contributed by atoms with Crippen LogP contribution in [0.3, 0.4) is 0 Å². The maximum Gasteiger partial charge on any atom is 0.417 e. The number of ether oxygens (including phenoxy) is 2. The molecule has 0 aromatic heterocycles. The average molecular weight is 393 g/mol. The van der Waals surface area contributed by atoms with Crippen LogP contribution in [0.5, 0.6) is 0 Å². The largest absolute Gasteiger partial charge is 0.461 e. The Kier molecular flexibility index (Phi) is 5.09. The number of benzene rings is 2. The quantitative estimate of drug-likeness (QED) is 0.737. The first kappa shape index (κ1) is 19.2. The van der Waals surface area contributed by atoms with Crippen molar-refractivity contribution in [3.8, 4) is 11.1 Å². The molecule has 2 aromatic rings. The van der Waals surface area contributed by atoms with Crippen LogP contribution in [0.1, 0.15) is 43.7 Å². The van der Waals surface area contributed by atoms with Gasteiger partial charge in [0.1, 0.15) is 12.6 Å². The second-order valence-electron chi connectivity index (χ2n) is 7.61. The Hall–Kier alpha value is -3.15. The first-order valence-electron chi connectivity index (χ1n) is 9.85.